The monoisotopic (exact) mass is 670 g/mol. The van der Waals surface area contributed by atoms with Crippen molar-refractivity contribution in [2.24, 2.45) is 0 Å². The van der Waals surface area contributed by atoms with Gasteiger partial charge in [-0.05, 0) is 76.6 Å². The summed E-state index contributed by atoms with van der Waals surface area (Å²) < 4.78 is 6.48. The molecule has 1 aliphatic heterocycles. The van der Waals surface area contributed by atoms with Crippen molar-refractivity contribution < 1.29 is 23.9 Å². The summed E-state index contributed by atoms with van der Waals surface area (Å²) in [6, 6.07) is 12.5. The first-order valence-electron chi connectivity index (χ1n) is 9.88. The van der Waals surface area contributed by atoms with Crippen LogP contribution in [-0.2, 0) is 9.59 Å². The number of hydrogen-bond donors (Lipinski definition) is 1. The summed E-state index contributed by atoms with van der Waals surface area (Å²) in [5.41, 5.74) is 0.0928. The van der Waals surface area contributed by atoms with Crippen molar-refractivity contribution in [3.8, 4) is 5.75 Å². The summed E-state index contributed by atoms with van der Waals surface area (Å²) in [5.74, 6) is -2.57. The van der Waals surface area contributed by atoms with Gasteiger partial charge in [0, 0.05) is 20.1 Å². The molecular formula is C24H11Br2Cl3N2O5. The average molecular weight is 674 g/mol. The van der Waals surface area contributed by atoms with E-state index >= 15 is 0 Å². The minimum atomic E-state index is -0.913. The van der Waals surface area contributed by atoms with Crippen LogP contribution in [0.25, 0.3) is 6.08 Å². The molecule has 1 N–H and O–H groups in total. The van der Waals surface area contributed by atoms with Crippen molar-refractivity contribution in [2.45, 2.75) is 0 Å². The lowest BCUT2D eigenvalue weighted by atomic mass is 10.1. The standard InChI is InChI=1S/C24H11Br2Cl3N2O5/c25-12-7-11(20(18(26)9-12)36-23(34)16-6-3-14(28)10-19(16)29)8-17-21(32)30-24(35)31(22(17)33)15-4-1-13(27)2-5-15/h1-10H,(H,30,32,35)/b17-8-. The van der Waals surface area contributed by atoms with Crippen LogP contribution in [0.5, 0.6) is 5.75 Å². The molecule has 0 aliphatic carbocycles. The van der Waals surface area contributed by atoms with Gasteiger partial charge in [-0.1, -0.05) is 50.7 Å². The quantitative estimate of drug-likeness (QED) is 0.139. The largest absolute Gasteiger partial charge is 0.421 e. The molecule has 0 atom stereocenters. The van der Waals surface area contributed by atoms with Gasteiger partial charge in [-0.15, -0.1) is 0 Å². The Bertz CT molecular complexity index is 1480. The van der Waals surface area contributed by atoms with Gasteiger partial charge in [-0.3, -0.25) is 14.9 Å². The summed E-state index contributed by atoms with van der Waals surface area (Å²) in [4.78, 5) is 51.9. The molecule has 4 rings (SSSR count). The second-order valence-electron chi connectivity index (χ2n) is 7.25. The normalized spacial score (nSPS) is 14.8. The fourth-order valence-electron chi connectivity index (χ4n) is 3.24. The van der Waals surface area contributed by atoms with Crippen LogP contribution in [0.2, 0.25) is 15.1 Å². The summed E-state index contributed by atoms with van der Waals surface area (Å²) in [5, 5.41) is 2.96. The Balaban J connectivity index is 1.75. The van der Waals surface area contributed by atoms with Gasteiger partial charge in [-0.25, -0.2) is 14.5 Å². The lowest BCUT2D eigenvalue weighted by Crippen LogP contribution is -2.54. The molecule has 1 aliphatic rings. The molecule has 1 heterocycles. The molecule has 0 bridgehead atoms. The van der Waals surface area contributed by atoms with Crippen molar-refractivity contribution in [1.82, 2.24) is 5.32 Å². The highest BCUT2D eigenvalue weighted by Gasteiger charge is 2.37. The number of urea groups is 1. The van der Waals surface area contributed by atoms with Crippen molar-refractivity contribution in [2.75, 3.05) is 4.90 Å². The Kier molecular flexibility index (Phi) is 7.87. The van der Waals surface area contributed by atoms with Crippen LogP contribution < -0.4 is 15.0 Å². The van der Waals surface area contributed by atoms with Crippen molar-refractivity contribution in [3.05, 3.63) is 95.3 Å². The molecule has 12 heteroatoms. The number of carbonyl (C=O) groups excluding carboxylic acids is 4. The molecule has 0 saturated carbocycles. The number of esters is 1. The van der Waals surface area contributed by atoms with Gasteiger partial charge >= 0.3 is 12.0 Å². The number of nitrogens with zero attached hydrogens (tertiary/aromatic N) is 1. The van der Waals surface area contributed by atoms with E-state index in [9.17, 15) is 19.2 Å². The van der Waals surface area contributed by atoms with Crippen LogP contribution in [0.1, 0.15) is 15.9 Å². The van der Waals surface area contributed by atoms with Gasteiger partial charge in [0.05, 0.1) is 20.7 Å². The maximum atomic E-state index is 13.2. The predicted octanol–water partition coefficient (Wildman–Crippen LogP) is 7.06. The third-order valence-corrected chi connectivity index (χ3v) is 6.72. The minimum absolute atomic E-state index is 0.0114. The van der Waals surface area contributed by atoms with Crippen LogP contribution in [0.4, 0.5) is 10.5 Å². The Morgan fingerprint density at radius 1 is 0.917 bits per heavy atom. The zero-order valence-corrected chi connectivity index (χ0v) is 23.1. The third-order valence-electron chi connectivity index (χ3n) is 4.87. The van der Waals surface area contributed by atoms with Crippen LogP contribution in [0.3, 0.4) is 0 Å². The van der Waals surface area contributed by atoms with Crippen molar-refractivity contribution >= 4 is 102 Å². The summed E-state index contributed by atoms with van der Waals surface area (Å²) in [6.45, 7) is 0. The van der Waals surface area contributed by atoms with E-state index in [-0.39, 0.29) is 33.2 Å². The van der Waals surface area contributed by atoms with E-state index in [1.165, 1.54) is 54.6 Å². The van der Waals surface area contributed by atoms with E-state index in [1.807, 2.05) is 0 Å². The van der Waals surface area contributed by atoms with E-state index in [0.29, 0.717) is 19.0 Å². The molecule has 0 spiro atoms. The zero-order valence-electron chi connectivity index (χ0n) is 17.7. The molecule has 1 saturated heterocycles. The number of ether oxygens (including phenoxy) is 1. The summed E-state index contributed by atoms with van der Waals surface area (Å²) >= 11 is 24.6. The number of barbiturate groups is 1. The second-order valence-corrected chi connectivity index (χ2v) is 10.3. The molecule has 1 fully saturated rings. The highest BCUT2D eigenvalue weighted by atomic mass is 79.9. The van der Waals surface area contributed by atoms with Crippen molar-refractivity contribution in [1.29, 1.82) is 0 Å². The lowest BCUT2D eigenvalue weighted by molar-refractivity contribution is -0.122. The van der Waals surface area contributed by atoms with Crippen molar-refractivity contribution in [3.63, 3.8) is 0 Å². The topological polar surface area (TPSA) is 92.8 Å². The molecular weight excluding hydrogens is 662 g/mol. The first-order chi connectivity index (χ1) is 17.0. The maximum absolute atomic E-state index is 13.2. The Hall–Kier alpha value is -2.69. The smallest absolute Gasteiger partial charge is 0.345 e. The maximum Gasteiger partial charge on any atom is 0.345 e. The molecule has 4 amide bonds. The number of rotatable bonds is 4. The number of hydrogen-bond acceptors (Lipinski definition) is 5. The van der Waals surface area contributed by atoms with E-state index in [0.717, 1.165) is 4.90 Å². The Morgan fingerprint density at radius 2 is 1.58 bits per heavy atom. The van der Waals surface area contributed by atoms with Crippen LogP contribution in [-0.4, -0.2) is 23.8 Å². The average Bonchev–Trinajstić information content (AvgIpc) is 2.79. The number of halogens is 5. The fraction of sp³-hybridized carbons (Fsp3) is 0. The molecule has 36 heavy (non-hydrogen) atoms. The number of carbonyl (C=O) groups is 4. The number of amides is 4. The summed E-state index contributed by atoms with van der Waals surface area (Å²) in [7, 11) is 0. The Labute approximate surface area is 236 Å². The molecule has 0 unspecified atom stereocenters. The molecule has 182 valence electrons. The number of benzene rings is 3. The van der Waals surface area contributed by atoms with Crippen LogP contribution in [0, 0.1) is 0 Å². The first-order valence-corrected chi connectivity index (χ1v) is 12.6. The molecule has 0 radical (unpaired) electrons. The Morgan fingerprint density at radius 3 is 2.25 bits per heavy atom. The second kappa shape index (κ2) is 10.7. The first kappa shape index (κ1) is 26.4. The lowest BCUT2D eigenvalue weighted by Gasteiger charge is -2.26. The predicted molar refractivity (Wildman–Crippen MR) is 144 cm³/mol. The SMILES string of the molecule is O=C1NC(=O)N(c2ccc(Cl)cc2)C(=O)/C1=C\c1cc(Br)cc(Br)c1OC(=O)c1ccc(Cl)cc1Cl. The fourth-order valence-corrected chi connectivity index (χ4v) is 5.19. The molecule has 7 nitrogen and oxygen atoms in total. The number of nitrogens with one attached hydrogen (secondary N) is 1. The van der Waals surface area contributed by atoms with E-state index in [2.05, 4.69) is 37.2 Å². The van der Waals surface area contributed by atoms with E-state index in [4.69, 9.17) is 39.5 Å². The van der Waals surface area contributed by atoms with Gasteiger partial charge < -0.3 is 4.74 Å². The molecule has 0 aromatic heterocycles. The minimum Gasteiger partial charge on any atom is -0.421 e. The van der Waals surface area contributed by atoms with Gasteiger partial charge in [-0.2, -0.15) is 0 Å². The highest BCUT2D eigenvalue weighted by molar-refractivity contribution is 9.11. The van der Waals surface area contributed by atoms with E-state index in [1.54, 1.807) is 6.07 Å². The van der Waals surface area contributed by atoms with Gasteiger partial charge in [0.1, 0.15) is 5.57 Å². The third kappa shape index (κ3) is 5.50. The highest BCUT2D eigenvalue weighted by Crippen LogP contribution is 2.36. The van der Waals surface area contributed by atoms with Crippen LogP contribution in [0.15, 0.2) is 69.1 Å². The van der Waals surface area contributed by atoms with Gasteiger partial charge in [0.15, 0.2) is 5.75 Å². The van der Waals surface area contributed by atoms with E-state index < -0.39 is 23.8 Å². The zero-order chi connectivity index (χ0) is 26.1. The van der Waals surface area contributed by atoms with Crippen LogP contribution >= 0.6 is 66.7 Å². The summed E-state index contributed by atoms with van der Waals surface area (Å²) in [6.07, 6.45) is 1.22. The number of anilines is 1. The molecule has 3 aromatic carbocycles. The number of imide groups is 2. The van der Waals surface area contributed by atoms with Gasteiger partial charge in [0.25, 0.3) is 11.8 Å². The van der Waals surface area contributed by atoms with Gasteiger partial charge in [0.2, 0.25) is 0 Å². The molecule has 3 aromatic rings.